The Hall–Kier alpha value is -6.09. The maximum Gasteiger partial charge on any atom is 0.354 e. The summed E-state index contributed by atoms with van der Waals surface area (Å²) in [5.41, 5.74) is 1.93. The molecule has 3 aliphatic heterocycles. The number of aliphatic carboxylic acids is 2. The van der Waals surface area contributed by atoms with E-state index in [1.54, 1.807) is 0 Å². The smallest absolute Gasteiger partial charge is 0.354 e. The standard InChI is InChI=1S/C27H26N8O12S/c1-27(2,25(45)46)47-32-17(14-9-48-26(28)31-14)20(39)30-13-8-33-7-12(18(24(43)44)35(33)23(13)42)19(38)29-3-4-34-21(40)10-5-15(36)16(37)6-11(10)22(34)41/h5-6,9,13,36-37H,3-4,7-8H2,1-2H3,(H2,28,31)(H,29,38)(H,30,39)(H,43,44)(H,45,46)/b32-17+/t13-/m1/s1. The van der Waals surface area contributed by atoms with E-state index in [9.17, 15) is 54.0 Å². The summed E-state index contributed by atoms with van der Waals surface area (Å²) >= 11 is 0.951. The summed E-state index contributed by atoms with van der Waals surface area (Å²) in [6.45, 7) is 1.08. The van der Waals surface area contributed by atoms with E-state index in [-0.39, 0.29) is 53.7 Å². The highest BCUT2D eigenvalue weighted by Gasteiger charge is 2.49. The number of benzene rings is 1. The molecule has 4 heterocycles. The number of nitrogens with one attached hydrogen (secondary N) is 2. The van der Waals surface area contributed by atoms with Crippen LogP contribution in [0, 0.1) is 0 Å². The predicted octanol–water partition coefficient (Wildman–Crippen LogP) is -1.97. The third-order valence-corrected chi connectivity index (χ3v) is 8.02. The lowest BCUT2D eigenvalue weighted by molar-refractivity contribution is -0.161. The molecule has 0 unspecified atom stereocenters. The first kappa shape index (κ1) is 33.3. The number of phenolic OH excluding ortho intramolecular Hbond substituents is 2. The van der Waals surface area contributed by atoms with Crippen molar-refractivity contribution < 1.29 is 58.8 Å². The third-order valence-electron chi connectivity index (χ3n) is 7.35. The first-order chi connectivity index (χ1) is 22.5. The van der Waals surface area contributed by atoms with Crippen molar-refractivity contribution in [2.24, 2.45) is 5.16 Å². The summed E-state index contributed by atoms with van der Waals surface area (Å²) in [5.74, 6) is -8.61. The minimum Gasteiger partial charge on any atom is -0.504 e. The first-order valence-electron chi connectivity index (χ1n) is 13.8. The van der Waals surface area contributed by atoms with Crippen LogP contribution in [0.1, 0.15) is 40.3 Å². The number of carboxylic acids is 2. The second-order valence-electron chi connectivity index (χ2n) is 11.0. The maximum absolute atomic E-state index is 13.3. The van der Waals surface area contributed by atoms with Crippen molar-refractivity contribution in [3.05, 3.63) is 45.6 Å². The number of nitrogens with two attached hydrogens (primary N) is 1. The molecule has 48 heavy (non-hydrogen) atoms. The van der Waals surface area contributed by atoms with Gasteiger partial charge >= 0.3 is 11.9 Å². The van der Waals surface area contributed by atoms with Gasteiger partial charge in [-0.25, -0.2) is 24.6 Å². The molecule has 20 nitrogen and oxygen atoms in total. The van der Waals surface area contributed by atoms with Gasteiger partial charge in [-0.15, -0.1) is 11.3 Å². The second-order valence-corrected chi connectivity index (χ2v) is 11.9. The van der Waals surface area contributed by atoms with Gasteiger partial charge in [0.25, 0.3) is 29.5 Å². The SMILES string of the molecule is CC(C)(O/N=C(/C(=O)N[C@@H]1CN2CC(C(=O)NCCN3C(=O)c4cc(O)c(O)cc4C3=O)=C(C(=O)O)N2C1=O)c1csc(N)n1)C(=O)O. The summed E-state index contributed by atoms with van der Waals surface area (Å²) in [7, 11) is 0. The van der Waals surface area contributed by atoms with Crippen LogP contribution in [0.4, 0.5) is 5.13 Å². The molecule has 0 spiro atoms. The van der Waals surface area contributed by atoms with E-state index in [4.69, 9.17) is 10.6 Å². The zero-order valence-corrected chi connectivity index (χ0v) is 25.7. The minimum absolute atomic E-state index is 0.0537. The van der Waals surface area contributed by atoms with Gasteiger partial charge in [0.2, 0.25) is 5.60 Å². The van der Waals surface area contributed by atoms with E-state index < -0.39 is 76.0 Å². The molecular weight excluding hydrogens is 660 g/mol. The number of imide groups is 1. The summed E-state index contributed by atoms with van der Waals surface area (Å²) in [6.07, 6.45) is 0. The van der Waals surface area contributed by atoms with Crippen LogP contribution in [0.3, 0.4) is 0 Å². The number of anilines is 1. The molecule has 0 saturated carbocycles. The second kappa shape index (κ2) is 12.3. The van der Waals surface area contributed by atoms with Crippen molar-refractivity contribution >= 4 is 63.7 Å². The van der Waals surface area contributed by atoms with Gasteiger partial charge in [-0.3, -0.25) is 28.9 Å². The fourth-order valence-electron chi connectivity index (χ4n) is 4.87. The number of fused-ring (bicyclic) bond motifs is 2. The molecule has 8 N–H and O–H groups in total. The molecule has 1 fully saturated rings. The number of aromatic nitrogens is 1. The van der Waals surface area contributed by atoms with Gasteiger partial charge in [0.15, 0.2) is 28.0 Å². The molecule has 0 radical (unpaired) electrons. The number of carboxylic acid groups (broad SMARTS) is 2. The minimum atomic E-state index is -1.85. The van der Waals surface area contributed by atoms with Crippen molar-refractivity contribution in [1.29, 1.82) is 0 Å². The fourth-order valence-corrected chi connectivity index (χ4v) is 5.41. The zero-order chi connectivity index (χ0) is 35.2. The molecule has 252 valence electrons. The highest BCUT2D eigenvalue weighted by Crippen LogP contribution is 2.33. The van der Waals surface area contributed by atoms with Crippen LogP contribution < -0.4 is 16.4 Å². The van der Waals surface area contributed by atoms with Crippen molar-refractivity contribution in [3.63, 3.8) is 0 Å². The molecule has 0 bridgehead atoms. The number of phenols is 2. The molecule has 1 saturated heterocycles. The zero-order valence-electron chi connectivity index (χ0n) is 24.9. The Morgan fingerprint density at radius 1 is 1.10 bits per heavy atom. The Labute approximate surface area is 272 Å². The van der Waals surface area contributed by atoms with E-state index in [0.29, 0.717) is 0 Å². The largest absolute Gasteiger partial charge is 0.504 e. The van der Waals surface area contributed by atoms with Crippen LogP contribution in [0.25, 0.3) is 0 Å². The predicted molar refractivity (Wildman–Crippen MR) is 159 cm³/mol. The number of rotatable bonds is 11. The van der Waals surface area contributed by atoms with E-state index in [1.165, 1.54) is 24.2 Å². The van der Waals surface area contributed by atoms with Crippen molar-refractivity contribution in [3.8, 4) is 11.5 Å². The van der Waals surface area contributed by atoms with Crippen molar-refractivity contribution in [1.82, 2.24) is 30.5 Å². The number of oxime groups is 1. The van der Waals surface area contributed by atoms with Crippen LogP contribution in [-0.2, 0) is 28.8 Å². The molecule has 5 amide bonds. The number of nitrogen functional groups attached to an aromatic ring is 1. The van der Waals surface area contributed by atoms with Gasteiger partial charge in [-0.05, 0) is 26.0 Å². The molecule has 21 heteroatoms. The van der Waals surface area contributed by atoms with Gasteiger partial charge in [0, 0.05) is 25.0 Å². The number of aromatic hydroxyl groups is 2. The number of carbonyl (C=O) groups excluding carboxylic acids is 5. The molecule has 1 aromatic heterocycles. The first-order valence-corrected chi connectivity index (χ1v) is 14.7. The summed E-state index contributed by atoms with van der Waals surface area (Å²) in [4.78, 5) is 98.3. The number of amides is 5. The number of hydrogen-bond acceptors (Lipinski definition) is 15. The van der Waals surface area contributed by atoms with Gasteiger partial charge in [0.05, 0.1) is 23.2 Å². The Morgan fingerprint density at radius 3 is 2.27 bits per heavy atom. The number of hydrazine groups is 1. The Kier molecular flexibility index (Phi) is 8.50. The monoisotopic (exact) mass is 686 g/mol. The highest BCUT2D eigenvalue weighted by atomic mass is 32.1. The molecule has 5 rings (SSSR count). The van der Waals surface area contributed by atoms with Crippen LogP contribution in [0.2, 0.25) is 0 Å². The third kappa shape index (κ3) is 5.93. The summed E-state index contributed by atoms with van der Waals surface area (Å²) < 4.78 is 0. The van der Waals surface area contributed by atoms with Gasteiger partial charge < -0.3 is 41.6 Å². The molecule has 0 aliphatic carbocycles. The van der Waals surface area contributed by atoms with E-state index >= 15 is 0 Å². The van der Waals surface area contributed by atoms with Gasteiger partial charge in [-0.2, -0.15) is 0 Å². The fraction of sp³-hybridized carbons (Fsp3) is 0.296. The van der Waals surface area contributed by atoms with Crippen LogP contribution in [0.15, 0.2) is 33.9 Å². The summed E-state index contributed by atoms with van der Waals surface area (Å²) in [5, 5.41) is 50.4. The molecule has 3 aliphatic rings. The van der Waals surface area contributed by atoms with Crippen LogP contribution in [0.5, 0.6) is 11.5 Å². The average Bonchev–Trinajstić information content (AvgIpc) is 3.74. The Bertz CT molecular complexity index is 1830. The topological polar surface area (TPSA) is 295 Å². The summed E-state index contributed by atoms with van der Waals surface area (Å²) in [6, 6.07) is 0.547. The molecule has 1 aromatic carbocycles. The number of thiazole rings is 1. The molecular formula is C27H26N8O12S. The van der Waals surface area contributed by atoms with Crippen LogP contribution in [-0.4, -0.2) is 125 Å². The lowest BCUT2D eigenvalue weighted by atomic mass is 10.1. The highest BCUT2D eigenvalue weighted by molar-refractivity contribution is 7.13. The normalized spacial score (nSPS) is 17.9. The van der Waals surface area contributed by atoms with Gasteiger partial charge in [-0.1, -0.05) is 5.16 Å². The number of carbonyl (C=O) groups is 7. The van der Waals surface area contributed by atoms with Crippen LogP contribution >= 0.6 is 11.3 Å². The Balaban J connectivity index is 1.26. The van der Waals surface area contributed by atoms with E-state index in [2.05, 4.69) is 20.8 Å². The lowest BCUT2D eigenvalue weighted by Gasteiger charge is -2.19. The van der Waals surface area contributed by atoms with E-state index in [0.717, 1.165) is 33.4 Å². The van der Waals surface area contributed by atoms with E-state index in [1.807, 2.05) is 0 Å². The Morgan fingerprint density at radius 2 is 1.73 bits per heavy atom. The average molecular weight is 687 g/mol. The van der Waals surface area contributed by atoms with Crippen molar-refractivity contribution in [2.45, 2.75) is 25.5 Å². The lowest BCUT2D eigenvalue weighted by Crippen LogP contribution is -2.46. The number of nitrogens with zero attached hydrogens (tertiary/aromatic N) is 5. The maximum atomic E-state index is 13.3. The molecule has 2 aromatic rings. The quantitative estimate of drug-likeness (QED) is 0.0584. The number of hydrogen-bond donors (Lipinski definition) is 7. The molecule has 1 atom stereocenters. The van der Waals surface area contributed by atoms with Crippen molar-refractivity contribution in [2.75, 3.05) is 31.9 Å². The van der Waals surface area contributed by atoms with Gasteiger partial charge in [0.1, 0.15) is 11.7 Å².